The van der Waals surface area contributed by atoms with Gasteiger partial charge in [-0.3, -0.25) is 0 Å². The summed E-state index contributed by atoms with van der Waals surface area (Å²) in [5.41, 5.74) is 4.52. The molecule has 5 aliphatic carbocycles. The smallest absolute Gasteiger partial charge is 0.0565 e. The largest absolute Gasteiger partial charge is 0.146 e. The highest BCUT2D eigenvalue weighted by atomic mass is 32.2. The van der Waals surface area contributed by atoms with Gasteiger partial charge in [-0.15, -0.1) is 23.5 Å². The molecule has 0 spiro atoms. The number of hydrogen-bond donors (Lipinski definition) is 0. The molecule has 0 aromatic heterocycles. The summed E-state index contributed by atoms with van der Waals surface area (Å²) in [4.78, 5) is 0. The normalized spacial score (nSPS) is 54.9. The van der Waals surface area contributed by atoms with Crippen molar-refractivity contribution in [2.75, 3.05) is 11.5 Å². The zero-order chi connectivity index (χ0) is 24.1. The van der Waals surface area contributed by atoms with E-state index in [1.54, 1.807) is 0 Å². The molecule has 0 radical (unpaired) electrons. The second kappa shape index (κ2) is 7.97. The van der Waals surface area contributed by atoms with Crippen LogP contribution in [0.5, 0.6) is 0 Å². The molecule has 192 valence electrons. The molecule has 1 saturated heterocycles. The number of hydrogen-bond acceptors (Lipinski definition) is 2. The highest BCUT2D eigenvalue weighted by molar-refractivity contribution is 8.20. The van der Waals surface area contributed by atoms with Crippen molar-refractivity contribution < 1.29 is 0 Å². The summed E-state index contributed by atoms with van der Waals surface area (Å²) in [5.74, 6) is 7.15. The summed E-state index contributed by atoms with van der Waals surface area (Å²) in [6.07, 6.45) is 17.6. The third-order valence-electron chi connectivity index (χ3n) is 13.9. The van der Waals surface area contributed by atoms with Crippen LogP contribution in [0.3, 0.4) is 0 Å². The Morgan fingerprint density at radius 2 is 1.53 bits per heavy atom. The maximum absolute atomic E-state index is 2.92. The van der Waals surface area contributed by atoms with Crippen LogP contribution in [0.4, 0.5) is 0 Å². The molecule has 5 fully saturated rings. The third-order valence-corrected chi connectivity index (χ3v) is 17.4. The Kier molecular flexibility index (Phi) is 5.81. The van der Waals surface area contributed by atoms with E-state index in [1.165, 1.54) is 75.7 Å². The molecule has 1 heterocycles. The monoisotopic (exact) mass is 500 g/mol. The molecule has 0 amide bonds. The molecule has 6 aliphatic rings. The van der Waals surface area contributed by atoms with E-state index in [9.17, 15) is 0 Å². The Morgan fingerprint density at radius 1 is 0.794 bits per heavy atom. The Bertz CT molecular complexity index is 853. The van der Waals surface area contributed by atoms with Crippen LogP contribution in [-0.2, 0) is 0 Å². The second-order valence-corrected chi connectivity index (χ2v) is 18.0. The minimum atomic E-state index is 0.416. The summed E-state index contributed by atoms with van der Waals surface area (Å²) in [6, 6.07) is 0. The van der Waals surface area contributed by atoms with Gasteiger partial charge >= 0.3 is 0 Å². The van der Waals surface area contributed by atoms with Crippen molar-refractivity contribution >= 4 is 23.5 Å². The Labute approximate surface area is 220 Å². The summed E-state index contributed by atoms with van der Waals surface area (Å²) >= 11 is 4.68. The zero-order valence-corrected chi connectivity index (χ0v) is 25.0. The van der Waals surface area contributed by atoms with E-state index in [2.05, 4.69) is 78.1 Å². The van der Waals surface area contributed by atoms with Crippen LogP contribution in [0.1, 0.15) is 113 Å². The molecule has 0 bridgehead atoms. The first-order valence-corrected chi connectivity index (χ1v) is 17.0. The lowest BCUT2D eigenvalue weighted by molar-refractivity contribution is -0.181. The number of allylic oxidation sites excluding steroid dienone is 2. The van der Waals surface area contributed by atoms with E-state index in [4.69, 9.17) is 0 Å². The molecule has 0 nitrogen and oxygen atoms in total. The molecule has 6 rings (SSSR count). The van der Waals surface area contributed by atoms with E-state index in [0.29, 0.717) is 27.1 Å². The maximum Gasteiger partial charge on any atom is 0.0565 e. The van der Waals surface area contributed by atoms with E-state index in [1.807, 2.05) is 5.57 Å². The van der Waals surface area contributed by atoms with Crippen LogP contribution in [0, 0.1) is 56.7 Å². The summed E-state index contributed by atoms with van der Waals surface area (Å²) in [6.45, 7) is 18.8. The Morgan fingerprint density at radius 3 is 2.26 bits per heavy atom. The number of fused-ring (bicyclic) bond motifs is 7. The fourth-order valence-corrected chi connectivity index (χ4v) is 15.3. The van der Waals surface area contributed by atoms with Crippen molar-refractivity contribution in [3.8, 4) is 0 Å². The first kappa shape index (κ1) is 24.8. The van der Waals surface area contributed by atoms with E-state index >= 15 is 0 Å². The van der Waals surface area contributed by atoms with Crippen molar-refractivity contribution in [3.05, 3.63) is 11.6 Å². The SMILES string of the molecule is CC1CCC2(C3SCCS3)CCC3(C)C(=CCC4C5(C)CCCC(C)(C)C5CCC43C)C2C1C. The summed E-state index contributed by atoms with van der Waals surface area (Å²) in [7, 11) is 0. The van der Waals surface area contributed by atoms with Gasteiger partial charge in [0.15, 0.2) is 0 Å². The molecule has 0 aromatic carbocycles. The molecule has 0 aromatic rings. The van der Waals surface area contributed by atoms with Crippen LogP contribution >= 0.6 is 23.5 Å². The lowest BCUT2D eigenvalue weighted by atomic mass is 9.33. The topological polar surface area (TPSA) is 0 Å². The van der Waals surface area contributed by atoms with Crippen LogP contribution in [0.15, 0.2) is 11.6 Å². The van der Waals surface area contributed by atoms with E-state index in [-0.39, 0.29) is 0 Å². The molecule has 4 saturated carbocycles. The lowest BCUT2D eigenvalue weighted by Crippen LogP contribution is -2.64. The van der Waals surface area contributed by atoms with Gasteiger partial charge in [-0.2, -0.15) is 0 Å². The molecule has 34 heavy (non-hydrogen) atoms. The molecular weight excluding hydrogens is 448 g/mol. The van der Waals surface area contributed by atoms with E-state index < -0.39 is 0 Å². The molecule has 9 unspecified atom stereocenters. The highest BCUT2D eigenvalue weighted by Crippen LogP contribution is 2.77. The van der Waals surface area contributed by atoms with Gasteiger partial charge in [0, 0.05) is 11.5 Å². The van der Waals surface area contributed by atoms with Crippen LogP contribution in [0.25, 0.3) is 0 Å². The average molecular weight is 501 g/mol. The van der Waals surface area contributed by atoms with Crippen LogP contribution < -0.4 is 0 Å². The van der Waals surface area contributed by atoms with Crippen molar-refractivity contribution in [2.45, 2.75) is 117 Å². The fraction of sp³-hybridized carbons (Fsp3) is 0.938. The van der Waals surface area contributed by atoms with Gasteiger partial charge in [0.2, 0.25) is 0 Å². The summed E-state index contributed by atoms with van der Waals surface area (Å²) in [5, 5.41) is 0. The Hall–Kier alpha value is 0.440. The average Bonchev–Trinajstić information content (AvgIpc) is 3.32. The van der Waals surface area contributed by atoms with Gasteiger partial charge in [-0.25, -0.2) is 0 Å². The van der Waals surface area contributed by atoms with Crippen molar-refractivity contribution in [1.82, 2.24) is 0 Å². The standard InChI is InChI=1S/C32H52S2/c1-21-11-16-32(27-33-19-20-34-27)18-17-30(6)23(26(32)22(21)2)9-10-25-29(5)14-8-13-28(3,4)24(29)12-15-31(25,30)7/h9,21-22,24-27H,8,10-20H2,1-7H3. The first-order valence-electron chi connectivity index (χ1n) is 14.9. The van der Waals surface area contributed by atoms with Crippen LogP contribution in [-0.4, -0.2) is 16.1 Å². The van der Waals surface area contributed by atoms with Gasteiger partial charge < -0.3 is 0 Å². The third kappa shape index (κ3) is 3.06. The predicted molar refractivity (Wildman–Crippen MR) is 152 cm³/mol. The quantitative estimate of drug-likeness (QED) is 0.328. The highest BCUT2D eigenvalue weighted by Gasteiger charge is 2.68. The zero-order valence-electron chi connectivity index (χ0n) is 23.3. The summed E-state index contributed by atoms with van der Waals surface area (Å²) < 4.78 is 0.857. The Balaban J connectivity index is 1.44. The minimum absolute atomic E-state index is 0.416. The first-order chi connectivity index (χ1) is 16.0. The van der Waals surface area contributed by atoms with Gasteiger partial charge in [0.25, 0.3) is 0 Å². The molecule has 0 N–H and O–H groups in total. The van der Waals surface area contributed by atoms with Crippen molar-refractivity contribution in [1.29, 1.82) is 0 Å². The van der Waals surface area contributed by atoms with Gasteiger partial charge in [0.05, 0.1) is 4.58 Å². The van der Waals surface area contributed by atoms with E-state index in [0.717, 1.165) is 34.2 Å². The molecule has 2 heteroatoms. The van der Waals surface area contributed by atoms with Crippen molar-refractivity contribution in [2.24, 2.45) is 56.7 Å². The van der Waals surface area contributed by atoms with Crippen LogP contribution in [0.2, 0.25) is 0 Å². The lowest BCUT2D eigenvalue weighted by Gasteiger charge is -2.71. The minimum Gasteiger partial charge on any atom is -0.146 e. The van der Waals surface area contributed by atoms with Gasteiger partial charge in [0.1, 0.15) is 0 Å². The number of rotatable bonds is 1. The molecular formula is C32H52S2. The molecule has 9 atom stereocenters. The number of thioether (sulfide) groups is 2. The van der Waals surface area contributed by atoms with Gasteiger partial charge in [-0.1, -0.05) is 66.5 Å². The maximum atomic E-state index is 2.92. The molecule has 1 aliphatic heterocycles. The van der Waals surface area contributed by atoms with Crippen molar-refractivity contribution in [3.63, 3.8) is 0 Å². The fourth-order valence-electron chi connectivity index (χ4n) is 11.7. The predicted octanol–water partition coefficient (Wildman–Crippen LogP) is 9.84. The second-order valence-electron chi connectivity index (χ2n) is 15.3. The van der Waals surface area contributed by atoms with Gasteiger partial charge in [-0.05, 0) is 114 Å².